The molecule has 1 fully saturated rings. The topological polar surface area (TPSA) is 82.3 Å². The number of nitrogens with one attached hydrogen (secondary N) is 1. The van der Waals surface area contributed by atoms with Gasteiger partial charge in [0.25, 0.3) is 5.56 Å². The van der Waals surface area contributed by atoms with E-state index in [2.05, 4.69) is 5.32 Å². The van der Waals surface area contributed by atoms with Gasteiger partial charge in [0.05, 0.1) is 23.2 Å². The Bertz CT molecular complexity index is 1170. The van der Waals surface area contributed by atoms with E-state index in [-0.39, 0.29) is 11.9 Å². The molecule has 7 heteroatoms. The number of hydrogen-bond donors (Lipinski definition) is 1. The zero-order chi connectivity index (χ0) is 20.5. The standard InChI is InChI=1S/C22H23N3O4/c1-3-29-17-12-10-16(11-13-17)25-21(27)18-6-4-5-7-19(18)24(22(25)28)14(2)20(26)23-15-8-9-15/h4-7,10-15H,3,8-9H2,1-2H3,(H,23,26). The number of nitrogens with zero attached hydrogens (tertiary/aromatic N) is 2. The van der Waals surface area contributed by atoms with Gasteiger partial charge in [-0.1, -0.05) is 12.1 Å². The molecule has 7 nitrogen and oxygen atoms in total. The lowest BCUT2D eigenvalue weighted by Gasteiger charge is -2.19. The molecule has 1 aliphatic carbocycles. The fourth-order valence-electron chi connectivity index (χ4n) is 3.41. The second-order valence-electron chi connectivity index (χ2n) is 7.20. The van der Waals surface area contributed by atoms with Crippen LogP contribution in [0.2, 0.25) is 0 Å². The number of carbonyl (C=O) groups is 1. The van der Waals surface area contributed by atoms with E-state index in [1.807, 2.05) is 6.92 Å². The van der Waals surface area contributed by atoms with Crippen LogP contribution in [0.1, 0.15) is 32.7 Å². The molecule has 1 amide bonds. The van der Waals surface area contributed by atoms with Gasteiger partial charge in [-0.15, -0.1) is 0 Å². The van der Waals surface area contributed by atoms with Crippen molar-refractivity contribution < 1.29 is 9.53 Å². The van der Waals surface area contributed by atoms with E-state index >= 15 is 0 Å². The van der Waals surface area contributed by atoms with Gasteiger partial charge in [-0.05, 0) is 63.1 Å². The highest BCUT2D eigenvalue weighted by molar-refractivity contribution is 5.84. The molecular weight excluding hydrogens is 370 g/mol. The number of carbonyl (C=O) groups excluding carboxylic acids is 1. The van der Waals surface area contributed by atoms with Gasteiger partial charge in [0.15, 0.2) is 0 Å². The number of benzene rings is 2. The number of para-hydroxylation sites is 1. The zero-order valence-electron chi connectivity index (χ0n) is 16.4. The van der Waals surface area contributed by atoms with E-state index in [0.29, 0.717) is 28.9 Å². The van der Waals surface area contributed by atoms with Crippen LogP contribution in [0.15, 0.2) is 58.1 Å². The lowest BCUT2D eigenvalue weighted by atomic mass is 10.2. The summed E-state index contributed by atoms with van der Waals surface area (Å²) >= 11 is 0. The lowest BCUT2D eigenvalue weighted by molar-refractivity contribution is -0.124. The fourth-order valence-corrected chi connectivity index (χ4v) is 3.41. The highest BCUT2D eigenvalue weighted by atomic mass is 16.5. The molecule has 0 radical (unpaired) electrons. The van der Waals surface area contributed by atoms with Crippen LogP contribution >= 0.6 is 0 Å². The summed E-state index contributed by atoms with van der Waals surface area (Å²) in [7, 11) is 0. The Labute approximate surface area is 167 Å². The summed E-state index contributed by atoms with van der Waals surface area (Å²) < 4.78 is 7.94. The molecule has 4 rings (SSSR count). The monoisotopic (exact) mass is 393 g/mol. The van der Waals surface area contributed by atoms with Crippen LogP contribution in [-0.2, 0) is 4.79 Å². The Hall–Kier alpha value is -3.35. The molecule has 29 heavy (non-hydrogen) atoms. The number of hydrogen-bond acceptors (Lipinski definition) is 4. The molecule has 2 aromatic carbocycles. The lowest BCUT2D eigenvalue weighted by Crippen LogP contribution is -2.44. The molecule has 1 atom stereocenters. The molecular formula is C22H23N3O4. The molecule has 0 aliphatic heterocycles. The Kier molecular flexibility index (Phi) is 4.96. The van der Waals surface area contributed by atoms with E-state index in [1.54, 1.807) is 55.5 Å². The van der Waals surface area contributed by atoms with Crippen LogP contribution in [0.4, 0.5) is 0 Å². The molecule has 150 valence electrons. The molecule has 0 spiro atoms. The van der Waals surface area contributed by atoms with Gasteiger partial charge in [0.1, 0.15) is 11.8 Å². The first-order valence-corrected chi connectivity index (χ1v) is 9.81. The van der Waals surface area contributed by atoms with Crippen molar-refractivity contribution in [1.29, 1.82) is 0 Å². The maximum atomic E-state index is 13.4. The summed E-state index contributed by atoms with van der Waals surface area (Å²) in [5, 5.41) is 3.32. The van der Waals surface area contributed by atoms with Crippen molar-refractivity contribution in [3.63, 3.8) is 0 Å². The number of aromatic nitrogens is 2. The van der Waals surface area contributed by atoms with Crippen LogP contribution in [-0.4, -0.2) is 27.7 Å². The van der Waals surface area contributed by atoms with Gasteiger partial charge in [0, 0.05) is 6.04 Å². The zero-order valence-corrected chi connectivity index (χ0v) is 16.4. The van der Waals surface area contributed by atoms with Gasteiger partial charge >= 0.3 is 5.69 Å². The normalized spacial score (nSPS) is 14.6. The fraction of sp³-hybridized carbons (Fsp3) is 0.318. The molecule has 0 bridgehead atoms. The summed E-state index contributed by atoms with van der Waals surface area (Å²) in [5.74, 6) is 0.430. The number of rotatable bonds is 6. The molecule has 1 aromatic heterocycles. The van der Waals surface area contributed by atoms with Crippen molar-refractivity contribution in [2.75, 3.05) is 6.61 Å². The van der Waals surface area contributed by atoms with Crippen molar-refractivity contribution in [2.45, 2.75) is 38.8 Å². The van der Waals surface area contributed by atoms with E-state index in [4.69, 9.17) is 4.74 Å². The van der Waals surface area contributed by atoms with Crippen molar-refractivity contribution in [1.82, 2.24) is 14.5 Å². The first-order chi connectivity index (χ1) is 14.0. The Morgan fingerprint density at radius 1 is 1.14 bits per heavy atom. The summed E-state index contributed by atoms with van der Waals surface area (Å²) in [6.07, 6.45) is 1.92. The predicted octanol–water partition coefficient (Wildman–Crippen LogP) is 2.39. The maximum Gasteiger partial charge on any atom is 0.336 e. The van der Waals surface area contributed by atoms with Gasteiger partial charge in [-0.3, -0.25) is 14.2 Å². The van der Waals surface area contributed by atoms with E-state index in [9.17, 15) is 14.4 Å². The van der Waals surface area contributed by atoms with Crippen LogP contribution in [0.25, 0.3) is 16.6 Å². The highest BCUT2D eigenvalue weighted by Gasteiger charge is 2.28. The highest BCUT2D eigenvalue weighted by Crippen LogP contribution is 2.21. The first kappa shape index (κ1) is 19.0. The number of ether oxygens (including phenoxy) is 1. The number of fused-ring (bicyclic) bond motifs is 1. The van der Waals surface area contributed by atoms with Crippen LogP contribution < -0.4 is 21.3 Å². The van der Waals surface area contributed by atoms with Crippen molar-refractivity contribution in [3.8, 4) is 11.4 Å². The third-order valence-corrected chi connectivity index (χ3v) is 5.09. The number of amides is 1. The second-order valence-corrected chi connectivity index (χ2v) is 7.20. The molecule has 1 unspecified atom stereocenters. The van der Waals surface area contributed by atoms with E-state index < -0.39 is 17.3 Å². The third-order valence-electron chi connectivity index (χ3n) is 5.09. The quantitative estimate of drug-likeness (QED) is 0.697. The largest absolute Gasteiger partial charge is 0.494 e. The minimum Gasteiger partial charge on any atom is -0.494 e. The third kappa shape index (κ3) is 3.55. The summed E-state index contributed by atoms with van der Waals surface area (Å²) in [6, 6.07) is 13.1. The van der Waals surface area contributed by atoms with Crippen molar-refractivity contribution >= 4 is 16.8 Å². The van der Waals surface area contributed by atoms with Crippen molar-refractivity contribution in [3.05, 3.63) is 69.4 Å². The molecule has 1 aliphatic rings. The molecule has 3 aromatic rings. The second kappa shape index (κ2) is 7.58. The van der Waals surface area contributed by atoms with Gasteiger partial charge < -0.3 is 10.1 Å². The average molecular weight is 393 g/mol. The van der Waals surface area contributed by atoms with Gasteiger partial charge in [0.2, 0.25) is 5.91 Å². The maximum absolute atomic E-state index is 13.4. The average Bonchev–Trinajstić information content (AvgIpc) is 3.53. The molecule has 0 saturated heterocycles. The molecule has 1 heterocycles. The summed E-state index contributed by atoms with van der Waals surface area (Å²) in [6.45, 7) is 4.09. The Morgan fingerprint density at radius 2 is 1.83 bits per heavy atom. The summed E-state index contributed by atoms with van der Waals surface area (Å²) in [5.41, 5.74) is -0.0852. The molecule has 1 N–H and O–H groups in total. The predicted molar refractivity (Wildman–Crippen MR) is 111 cm³/mol. The summed E-state index contributed by atoms with van der Waals surface area (Å²) in [4.78, 5) is 39.2. The smallest absolute Gasteiger partial charge is 0.336 e. The van der Waals surface area contributed by atoms with E-state index in [1.165, 1.54) is 4.57 Å². The van der Waals surface area contributed by atoms with Crippen LogP contribution in [0, 0.1) is 0 Å². The molecule has 1 saturated carbocycles. The van der Waals surface area contributed by atoms with Crippen LogP contribution in [0.3, 0.4) is 0 Å². The Balaban J connectivity index is 1.90. The van der Waals surface area contributed by atoms with Crippen LogP contribution in [0.5, 0.6) is 5.75 Å². The Morgan fingerprint density at radius 3 is 2.48 bits per heavy atom. The SMILES string of the molecule is CCOc1ccc(-n2c(=O)c3ccccc3n(C(C)C(=O)NC3CC3)c2=O)cc1. The van der Waals surface area contributed by atoms with Gasteiger partial charge in [-0.25, -0.2) is 9.36 Å². The minimum absolute atomic E-state index is 0.184. The van der Waals surface area contributed by atoms with Gasteiger partial charge in [-0.2, -0.15) is 0 Å². The van der Waals surface area contributed by atoms with Crippen molar-refractivity contribution in [2.24, 2.45) is 0 Å². The first-order valence-electron chi connectivity index (χ1n) is 9.81. The van der Waals surface area contributed by atoms with E-state index in [0.717, 1.165) is 17.4 Å². The minimum atomic E-state index is -0.748.